The average Bonchev–Trinajstić information content (AvgIpc) is 2.92. The van der Waals surface area contributed by atoms with Crippen LogP contribution in [0, 0.1) is 6.92 Å². The van der Waals surface area contributed by atoms with E-state index in [1.54, 1.807) is 37.3 Å². The highest BCUT2D eigenvalue weighted by Crippen LogP contribution is 2.27. The van der Waals surface area contributed by atoms with Crippen LogP contribution in [0.1, 0.15) is 30.1 Å². The molecule has 1 fully saturated rings. The van der Waals surface area contributed by atoms with Crippen molar-refractivity contribution < 1.29 is 18.9 Å². The molecule has 0 bridgehead atoms. The molecule has 8 nitrogen and oxygen atoms in total. The Bertz CT molecular complexity index is 766. The number of piperidine rings is 1. The van der Waals surface area contributed by atoms with Gasteiger partial charge in [-0.15, -0.1) is 0 Å². The highest BCUT2D eigenvalue weighted by molar-refractivity contribution is 5.99. The third-order valence-corrected chi connectivity index (χ3v) is 3.65. The van der Waals surface area contributed by atoms with Crippen molar-refractivity contribution in [2.45, 2.75) is 25.7 Å². The van der Waals surface area contributed by atoms with Gasteiger partial charge in [0.1, 0.15) is 5.76 Å². The minimum absolute atomic E-state index is 0.132. The smallest absolute Gasteiger partial charge is 0.324 e. The molecule has 0 aliphatic carbocycles. The largest absolute Gasteiger partial charge is 0.360 e. The minimum atomic E-state index is -0.441. The Hall–Kier alpha value is -3.16. The van der Waals surface area contributed by atoms with Gasteiger partial charge in [0.2, 0.25) is 11.8 Å². The van der Waals surface area contributed by atoms with Crippen molar-refractivity contribution in [1.82, 2.24) is 10.5 Å². The molecular formula is C16H16N4O4. The van der Waals surface area contributed by atoms with Gasteiger partial charge < -0.3 is 9.84 Å². The molecule has 3 rings (SSSR count). The molecule has 24 heavy (non-hydrogen) atoms. The van der Waals surface area contributed by atoms with Crippen LogP contribution in [0.5, 0.6) is 0 Å². The molecule has 0 radical (unpaired) electrons. The van der Waals surface area contributed by atoms with Crippen LogP contribution in [-0.2, 0) is 9.59 Å². The van der Waals surface area contributed by atoms with Crippen molar-refractivity contribution in [3.63, 3.8) is 0 Å². The van der Waals surface area contributed by atoms with Gasteiger partial charge in [0, 0.05) is 30.5 Å². The zero-order chi connectivity index (χ0) is 17.1. The third kappa shape index (κ3) is 3.78. The van der Waals surface area contributed by atoms with Crippen LogP contribution in [0.15, 0.2) is 34.9 Å². The number of aryl methyl sites for hydroxylation is 1. The lowest BCUT2D eigenvalue weighted by atomic mass is 9.89. The number of nitrogens with one attached hydrogen (secondary N) is 3. The second kappa shape index (κ2) is 6.53. The Morgan fingerprint density at radius 3 is 2.42 bits per heavy atom. The van der Waals surface area contributed by atoms with E-state index in [0.29, 0.717) is 17.3 Å². The Morgan fingerprint density at radius 1 is 1.17 bits per heavy atom. The normalized spacial score (nSPS) is 15.0. The van der Waals surface area contributed by atoms with E-state index in [1.165, 1.54) is 0 Å². The number of carbonyl (C=O) groups is 3. The third-order valence-electron chi connectivity index (χ3n) is 3.65. The number of nitrogens with zero attached hydrogens (tertiary/aromatic N) is 1. The Balaban J connectivity index is 1.61. The van der Waals surface area contributed by atoms with E-state index in [-0.39, 0.29) is 30.6 Å². The topological polar surface area (TPSA) is 113 Å². The molecule has 1 saturated heterocycles. The SMILES string of the molecule is Cc1cc(NC(=O)Nc2ccc(C3CC(=O)NC(=O)C3)cc2)no1. The first kappa shape index (κ1) is 15.7. The number of anilines is 2. The highest BCUT2D eigenvalue weighted by atomic mass is 16.5. The second-order valence-electron chi connectivity index (χ2n) is 5.60. The van der Waals surface area contributed by atoms with Crippen LogP contribution in [-0.4, -0.2) is 23.0 Å². The van der Waals surface area contributed by atoms with E-state index >= 15 is 0 Å². The van der Waals surface area contributed by atoms with Gasteiger partial charge in [-0.1, -0.05) is 17.3 Å². The summed E-state index contributed by atoms with van der Waals surface area (Å²) in [6.07, 6.45) is 0.565. The molecule has 4 amide bonds. The number of hydrogen-bond donors (Lipinski definition) is 3. The molecular weight excluding hydrogens is 312 g/mol. The van der Waals surface area contributed by atoms with Gasteiger partial charge in [-0.25, -0.2) is 4.79 Å². The summed E-state index contributed by atoms with van der Waals surface area (Å²) in [5.41, 5.74) is 1.47. The number of aromatic nitrogens is 1. The average molecular weight is 328 g/mol. The van der Waals surface area contributed by atoms with E-state index in [0.717, 1.165) is 5.56 Å². The predicted octanol–water partition coefficient (Wildman–Crippen LogP) is 2.15. The van der Waals surface area contributed by atoms with Gasteiger partial charge in [-0.2, -0.15) is 0 Å². The molecule has 0 unspecified atom stereocenters. The molecule has 1 aliphatic heterocycles. The van der Waals surface area contributed by atoms with Gasteiger partial charge >= 0.3 is 6.03 Å². The Labute approximate surface area is 137 Å². The Kier molecular flexibility index (Phi) is 4.28. The number of imide groups is 1. The summed E-state index contributed by atoms with van der Waals surface area (Å²) in [5.74, 6) is 0.266. The maximum atomic E-state index is 11.9. The molecule has 1 aromatic carbocycles. The van der Waals surface area contributed by atoms with E-state index in [1.807, 2.05) is 0 Å². The summed E-state index contributed by atoms with van der Waals surface area (Å²) in [6.45, 7) is 1.73. The quantitative estimate of drug-likeness (QED) is 0.747. The Morgan fingerprint density at radius 2 is 1.83 bits per heavy atom. The predicted molar refractivity (Wildman–Crippen MR) is 85.4 cm³/mol. The van der Waals surface area contributed by atoms with Crippen molar-refractivity contribution in [2.24, 2.45) is 0 Å². The summed E-state index contributed by atoms with van der Waals surface area (Å²) in [5, 5.41) is 11.2. The van der Waals surface area contributed by atoms with Gasteiger partial charge in [0.05, 0.1) is 0 Å². The molecule has 8 heteroatoms. The number of amides is 4. The maximum Gasteiger partial charge on any atom is 0.324 e. The lowest BCUT2D eigenvalue weighted by Crippen LogP contribution is -2.37. The zero-order valence-electron chi connectivity index (χ0n) is 13.0. The fourth-order valence-electron chi connectivity index (χ4n) is 2.56. The van der Waals surface area contributed by atoms with Crippen LogP contribution in [0.2, 0.25) is 0 Å². The number of urea groups is 1. The van der Waals surface area contributed by atoms with Crippen molar-refractivity contribution in [3.05, 3.63) is 41.7 Å². The fourth-order valence-corrected chi connectivity index (χ4v) is 2.56. The second-order valence-corrected chi connectivity index (χ2v) is 5.60. The summed E-state index contributed by atoms with van der Waals surface area (Å²) in [4.78, 5) is 34.7. The monoisotopic (exact) mass is 328 g/mol. The van der Waals surface area contributed by atoms with Crippen molar-refractivity contribution in [2.75, 3.05) is 10.6 Å². The highest BCUT2D eigenvalue weighted by Gasteiger charge is 2.25. The van der Waals surface area contributed by atoms with Crippen LogP contribution >= 0.6 is 0 Å². The molecule has 3 N–H and O–H groups in total. The molecule has 0 saturated carbocycles. The number of benzene rings is 1. The molecule has 1 aliphatic rings. The van der Waals surface area contributed by atoms with E-state index < -0.39 is 6.03 Å². The van der Waals surface area contributed by atoms with Gasteiger partial charge in [0.15, 0.2) is 5.82 Å². The first-order chi connectivity index (χ1) is 11.5. The lowest BCUT2D eigenvalue weighted by molar-refractivity contribution is -0.133. The minimum Gasteiger partial charge on any atom is -0.360 e. The van der Waals surface area contributed by atoms with Gasteiger partial charge in [-0.05, 0) is 24.6 Å². The number of rotatable bonds is 3. The molecule has 124 valence electrons. The first-order valence-corrected chi connectivity index (χ1v) is 7.43. The molecule has 2 heterocycles. The zero-order valence-corrected chi connectivity index (χ0v) is 13.0. The molecule has 0 atom stereocenters. The van der Waals surface area contributed by atoms with Crippen LogP contribution < -0.4 is 16.0 Å². The molecule has 1 aromatic heterocycles. The van der Waals surface area contributed by atoms with E-state index in [2.05, 4.69) is 21.1 Å². The van der Waals surface area contributed by atoms with Crippen molar-refractivity contribution >= 4 is 29.4 Å². The van der Waals surface area contributed by atoms with Gasteiger partial charge in [-0.3, -0.25) is 20.2 Å². The van der Waals surface area contributed by atoms with Crippen LogP contribution in [0.4, 0.5) is 16.3 Å². The summed E-state index contributed by atoms with van der Waals surface area (Å²) >= 11 is 0. The van der Waals surface area contributed by atoms with Crippen molar-refractivity contribution in [1.29, 1.82) is 0 Å². The van der Waals surface area contributed by atoms with Crippen LogP contribution in [0.3, 0.4) is 0 Å². The summed E-state index contributed by atoms with van der Waals surface area (Å²) in [7, 11) is 0. The lowest BCUT2D eigenvalue weighted by Gasteiger charge is -2.21. The van der Waals surface area contributed by atoms with Gasteiger partial charge in [0.25, 0.3) is 0 Å². The van der Waals surface area contributed by atoms with E-state index in [4.69, 9.17) is 4.52 Å². The van der Waals surface area contributed by atoms with Crippen molar-refractivity contribution in [3.8, 4) is 0 Å². The maximum absolute atomic E-state index is 11.9. The summed E-state index contributed by atoms with van der Waals surface area (Å²) < 4.78 is 4.86. The van der Waals surface area contributed by atoms with E-state index in [9.17, 15) is 14.4 Å². The summed E-state index contributed by atoms with van der Waals surface area (Å²) in [6, 6.07) is 8.20. The first-order valence-electron chi connectivity index (χ1n) is 7.43. The molecule has 2 aromatic rings. The fraction of sp³-hybridized carbons (Fsp3) is 0.250. The van der Waals surface area contributed by atoms with Crippen LogP contribution in [0.25, 0.3) is 0 Å². The number of carbonyl (C=O) groups excluding carboxylic acids is 3. The molecule has 0 spiro atoms. The standard InChI is InChI=1S/C16H16N4O4/c1-9-6-13(20-24-9)18-16(23)17-12-4-2-10(3-5-12)11-7-14(21)19-15(22)8-11/h2-6,11H,7-8H2,1H3,(H,19,21,22)(H2,17,18,20,23). The number of hydrogen-bond acceptors (Lipinski definition) is 5.